The van der Waals surface area contributed by atoms with Crippen molar-refractivity contribution in [1.29, 1.82) is 0 Å². The SMILES string of the molecule is O=C(NO)c1cnc(N2C[C@@H]3C[C@H]2CN3c2cccc(OC(F)=C(F)F)c2)nc1. The summed E-state index contributed by atoms with van der Waals surface area (Å²) < 4.78 is 42.1. The molecule has 2 aliphatic rings. The van der Waals surface area contributed by atoms with Gasteiger partial charge >= 0.3 is 12.1 Å². The van der Waals surface area contributed by atoms with Crippen molar-refractivity contribution >= 4 is 17.5 Å². The summed E-state index contributed by atoms with van der Waals surface area (Å²) in [5.41, 5.74) is 2.42. The quantitative estimate of drug-likeness (QED) is 0.447. The van der Waals surface area contributed by atoms with Gasteiger partial charge in [0.1, 0.15) is 5.75 Å². The topological polar surface area (TPSA) is 90.8 Å². The molecular weight excluding hydrogens is 391 g/mol. The number of carbonyl (C=O) groups is 1. The molecule has 3 heterocycles. The average Bonchev–Trinajstić information content (AvgIpc) is 3.34. The lowest BCUT2D eigenvalue weighted by Gasteiger charge is -2.35. The van der Waals surface area contributed by atoms with Crippen molar-refractivity contribution in [3.63, 3.8) is 0 Å². The molecule has 4 rings (SSSR count). The van der Waals surface area contributed by atoms with Crippen molar-refractivity contribution in [2.75, 3.05) is 22.9 Å². The summed E-state index contributed by atoms with van der Waals surface area (Å²) in [6, 6.07) is 4.71. The van der Waals surface area contributed by atoms with Crippen molar-refractivity contribution < 1.29 is 27.9 Å². The molecule has 2 N–H and O–H groups in total. The number of ether oxygens (including phenoxy) is 1. The van der Waals surface area contributed by atoms with Crippen LogP contribution < -0.4 is 20.0 Å². The zero-order valence-electron chi connectivity index (χ0n) is 14.9. The van der Waals surface area contributed by atoms with Crippen molar-refractivity contribution in [1.82, 2.24) is 15.4 Å². The van der Waals surface area contributed by atoms with Crippen LogP contribution in [0.1, 0.15) is 16.8 Å². The van der Waals surface area contributed by atoms with Crippen molar-refractivity contribution in [3.8, 4) is 5.75 Å². The Hall–Kier alpha value is -3.34. The van der Waals surface area contributed by atoms with Gasteiger partial charge in [0.15, 0.2) is 0 Å². The number of aromatic nitrogens is 2. The Bertz CT molecular complexity index is 952. The molecule has 0 radical (unpaired) electrons. The molecule has 2 fully saturated rings. The monoisotopic (exact) mass is 407 g/mol. The molecule has 29 heavy (non-hydrogen) atoms. The first-order chi connectivity index (χ1) is 14.0. The summed E-state index contributed by atoms with van der Waals surface area (Å²) in [5.74, 6) is -0.213. The summed E-state index contributed by atoms with van der Waals surface area (Å²) in [4.78, 5) is 23.9. The Balaban J connectivity index is 1.46. The molecule has 2 atom stereocenters. The van der Waals surface area contributed by atoms with E-state index in [1.54, 1.807) is 6.07 Å². The van der Waals surface area contributed by atoms with E-state index in [-0.39, 0.29) is 23.4 Å². The summed E-state index contributed by atoms with van der Waals surface area (Å²) in [6.07, 6.45) is 1.02. The zero-order valence-corrected chi connectivity index (χ0v) is 14.9. The lowest BCUT2D eigenvalue weighted by molar-refractivity contribution is 0.0705. The molecule has 0 aliphatic carbocycles. The number of amides is 1. The second kappa shape index (κ2) is 7.59. The number of halogens is 3. The highest BCUT2D eigenvalue weighted by molar-refractivity contribution is 5.92. The van der Waals surface area contributed by atoms with Crippen LogP contribution in [0, 0.1) is 0 Å². The predicted octanol–water partition coefficient (Wildman–Crippen LogP) is 2.48. The lowest BCUT2D eigenvalue weighted by atomic mass is 10.2. The molecule has 1 amide bonds. The first-order valence-electron chi connectivity index (χ1n) is 8.74. The van der Waals surface area contributed by atoms with Gasteiger partial charge in [-0.3, -0.25) is 10.0 Å². The van der Waals surface area contributed by atoms with Crippen LogP contribution in [0.2, 0.25) is 0 Å². The van der Waals surface area contributed by atoms with Gasteiger partial charge < -0.3 is 14.5 Å². The van der Waals surface area contributed by atoms with Gasteiger partial charge in [-0.2, -0.15) is 13.2 Å². The van der Waals surface area contributed by atoms with Crippen LogP contribution >= 0.6 is 0 Å². The van der Waals surface area contributed by atoms with E-state index in [1.807, 2.05) is 11.0 Å². The molecule has 152 valence electrons. The predicted molar refractivity (Wildman–Crippen MR) is 95.6 cm³/mol. The van der Waals surface area contributed by atoms with Crippen LogP contribution in [0.15, 0.2) is 48.8 Å². The first kappa shape index (κ1) is 19.0. The highest BCUT2D eigenvalue weighted by Gasteiger charge is 2.44. The molecule has 11 heteroatoms. The number of nitrogens with one attached hydrogen (secondary N) is 1. The average molecular weight is 407 g/mol. The van der Waals surface area contributed by atoms with Gasteiger partial charge in [0.25, 0.3) is 5.91 Å². The summed E-state index contributed by atoms with van der Waals surface area (Å²) in [6.45, 7) is 1.28. The highest BCUT2D eigenvalue weighted by Crippen LogP contribution is 2.37. The number of hydroxylamine groups is 1. The number of fused-ring (bicyclic) bond motifs is 2. The maximum atomic E-state index is 13.0. The second-order valence-corrected chi connectivity index (χ2v) is 6.69. The Morgan fingerprint density at radius 3 is 2.45 bits per heavy atom. The third-order valence-electron chi connectivity index (χ3n) is 5.00. The molecule has 2 aliphatic heterocycles. The fourth-order valence-corrected chi connectivity index (χ4v) is 3.75. The number of hydrogen-bond donors (Lipinski definition) is 2. The third-order valence-corrected chi connectivity index (χ3v) is 5.00. The molecule has 2 bridgehead atoms. The van der Waals surface area contributed by atoms with E-state index >= 15 is 0 Å². The van der Waals surface area contributed by atoms with E-state index in [0.29, 0.717) is 19.0 Å². The molecule has 2 saturated heterocycles. The smallest absolute Gasteiger partial charge is 0.344 e. The fourth-order valence-electron chi connectivity index (χ4n) is 3.75. The minimum atomic E-state index is -2.51. The number of piperazine rings is 1. The molecule has 2 aromatic rings. The first-order valence-corrected chi connectivity index (χ1v) is 8.74. The second-order valence-electron chi connectivity index (χ2n) is 6.69. The van der Waals surface area contributed by atoms with E-state index in [2.05, 4.69) is 19.6 Å². The standard InChI is InChI=1S/C18H16F3N5O3/c19-15(20)16(21)29-14-3-1-2-11(5-14)25-8-13-4-12(25)9-26(13)18-22-6-10(7-23-18)17(27)24-28/h1-3,5-7,12-13,28H,4,8-9H2,(H,24,27)/t12-,13-/m0/s1. The maximum absolute atomic E-state index is 13.0. The third kappa shape index (κ3) is 3.68. The minimum Gasteiger partial charge on any atom is -0.428 e. The van der Waals surface area contributed by atoms with E-state index < -0.39 is 18.0 Å². The minimum absolute atomic E-state index is 0.00601. The van der Waals surface area contributed by atoms with Gasteiger partial charge in [0.05, 0.1) is 11.6 Å². The van der Waals surface area contributed by atoms with Crippen molar-refractivity contribution in [2.24, 2.45) is 0 Å². The molecule has 1 aromatic carbocycles. The number of nitrogens with zero attached hydrogens (tertiary/aromatic N) is 4. The number of carbonyl (C=O) groups excluding carboxylic acids is 1. The van der Waals surface area contributed by atoms with Gasteiger partial charge in [-0.1, -0.05) is 6.07 Å². The van der Waals surface area contributed by atoms with Crippen molar-refractivity contribution in [2.45, 2.75) is 18.5 Å². The largest absolute Gasteiger partial charge is 0.428 e. The van der Waals surface area contributed by atoms with Gasteiger partial charge in [0.2, 0.25) is 5.95 Å². The van der Waals surface area contributed by atoms with Crippen LogP contribution in [-0.4, -0.2) is 46.3 Å². The summed E-state index contributed by atoms with van der Waals surface area (Å²) in [7, 11) is 0. The molecule has 0 saturated carbocycles. The lowest BCUT2D eigenvalue weighted by Crippen LogP contribution is -2.47. The Morgan fingerprint density at radius 1 is 1.14 bits per heavy atom. The van der Waals surface area contributed by atoms with Crippen molar-refractivity contribution in [3.05, 3.63) is 54.3 Å². The summed E-state index contributed by atoms with van der Waals surface area (Å²) in [5, 5.41) is 8.65. The molecular formula is C18H16F3N5O3. The van der Waals surface area contributed by atoms with Crippen LogP contribution in [0.3, 0.4) is 0 Å². The summed E-state index contributed by atoms with van der Waals surface area (Å²) >= 11 is 0. The Kier molecular flexibility index (Phi) is 4.97. The van der Waals surface area contributed by atoms with Crippen LogP contribution in [-0.2, 0) is 0 Å². The number of rotatable bonds is 5. The van der Waals surface area contributed by atoms with Gasteiger partial charge in [-0.05, 0) is 18.6 Å². The van der Waals surface area contributed by atoms with Crippen LogP contribution in [0.25, 0.3) is 0 Å². The molecule has 8 nitrogen and oxygen atoms in total. The Morgan fingerprint density at radius 2 is 1.83 bits per heavy atom. The number of anilines is 2. The van der Waals surface area contributed by atoms with E-state index in [0.717, 1.165) is 12.1 Å². The maximum Gasteiger partial charge on any atom is 0.344 e. The number of benzene rings is 1. The van der Waals surface area contributed by atoms with Gasteiger partial charge in [-0.15, -0.1) is 0 Å². The molecule has 0 unspecified atom stereocenters. The van der Waals surface area contributed by atoms with E-state index in [4.69, 9.17) is 5.21 Å². The van der Waals surface area contributed by atoms with Crippen LogP contribution in [0.5, 0.6) is 5.75 Å². The van der Waals surface area contributed by atoms with E-state index in [9.17, 15) is 18.0 Å². The number of hydrogen-bond acceptors (Lipinski definition) is 7. The normalized spacial score (nSPS) is 20.0. The van der Waals surface area contributed by atoms with Gasteiger partial charge in [-0.25, -0.2) is 15.4 Å². The van der Waals surface area contributed by atoms with E-state index in [1.165, 1.54) is 30.0 Å². The highest BCUT2D eigenvalue weighted by atomic mass is 19.3. The molecule has 1 aromatic heterocycles. The zero-order chi connectivity index (χ0) is 20.5. The fraction of sp³-hybridized carbons (Fsp3) is 0.278. The van der Waals surface area contributed by atoms with Crippen LogP contribution in [0.4, 0.5) is 24.8 Å². The van der Waals surface area contributed by atoms with Gasteiger partial charge in [0, 0.05) is 43.3 Å². The molecule has 0 spiro atoms. The Labute approximate surface area is 163 Å².